The Hall–Kier alpha value is -3.74. The van der Waals surface area contributed by atoms with Gasteiger partial charge in [-0.2, -0.15) is 0 Å². The van der Waals surface area contributed by atoms with Gasteiger partial charge in [0.1, 0.15) is 11.9 Å². The van der Waals surface area contributed by atoms with Crippen LogP contribution in [0.4, 0.5) is 0 Å². The molecule has 0 saturated heterocycles. The van der Waals surface area contributed by atoms with E-state index in [-0.39, 0.29) is 30.8 Å². The van der Waals surface area contributed by atoms with E-state index in [9.17, 15) is 19.8 Å². The zero-order valence-corrected chi connectivity index (χ0v) is 27.7. The molecular formula is C39H50O6. The van der Waals surface area contributed by atoms with Crippen LogP contribution < -0.4 is 0 Å². The van der Waals surface area contributed by atoms with Gasteiger partial charge < -0.3 is 19.7 Å². The number of rotatable bonds is 16. The first kappa shape index (κ1) is 35.7. The molecule has 242 valence electrons. The van der Waals surface area contributed by atoms with Crippen molar-refractivity contribution in [2.24, 2.45) is 5.41 Å². The molecule has 2 aromatic carbocycles. The minimum absolute atomic E-state index is 0.195. The molecular weight excluding hydrogens is 564 g/mol. The Morgan fingerprint density at radius 2 is 1.56 bits per heavy atom. The summed E-state index contributed by atoms with van der Waals surface area (Å²) in [5.41, 5.74) is 6.96. The third kappa shape index (κ3) is 9.62. The lowest BCUT2D eigenvalue weighted by Gasteiger charge is -2.31. The number of allylic oxidation sites excluding steroid dienone is 1. The van der Waals surface area contributed by atoms with Crippen LogP contribution in [0.1, 0.15) is 89.8 Å². The second kappa shape index (κ2) is 16.5. The van der Waals surface area contributed by atoms with Gasteiger partial charge >= 0.3 is 11.9 Å². The van der Waals surface area contributed by atoms with Crippen LogP contribution in [0.2, 0.25) is 0 Å². The Morgan fingerprint density at radius 3 is 2.13 bits per heavy atom. The van der Waals surface area contributed by atoms with E-state index in [2.05, 4.69) is 63.4 Å². The zero-order valence-electron chi connectivity index (χ0n) is 27.7. The number of hydrogen-bond acceptors (Lipinski definition) is 6. The van der Waals surface area contributed by atoms with Gasteiger partial charge in [0.15, 0.2) is 0 Å². The maximum Gasteiger partial charge on any atom is 0.338 e. The highest BCUT2D eigenvalue weighted by molar-refractivity contribution is 5.90. The average Bonchev–Trinajstić information content (AvgIpc) is 3.04. The van der Waals surface area contributed by atoms with Crippen LogP contribution >= 0.6 is 0 Å². The Bertz CT molecular complexity index is 1440. The molecule has 0 spiro atoms. The van der Waals surface area contributed by atoms with Crippen LogP contribution in [0.3, 0.4) is 0 Å². The smallest absolute Gasteiger partial charge is 0.338 e. The van der Waals surface area contributed by atoms with Crippen LogP contribution in [-0.4, -0.2) is 41.5 Å². The van der Waals surface area contributed by atoms with Crippen molar-refractivity contribution in [3.8, 4) is 11.1 Å². The van der Waals surface area contributed by atoms with Gasteiger partial charge in [0.2, 0.25) is 0 Å². The van der Waals surface area contributed by atoms with Gasteiger partial charge in [0.25, 0.3) is 0 Å². The molecule has 2 aromatic rings. The molecule has 0 radical (unpaired) electrons. The fourth-order valence-corrected chi connectivity index (χ4v) is 5.32. The van der Waals surface area contributed by atoms with Crippen LogP contribution in [0.25, 0.3) is 16.7 Å². The molecule has 0 heterocycles. The van der Waals surface area contributed by atoms with E-state index in [1.807, 2.05) is 6.07 Å². The summed E-state index contributed by atoms with van der Waals surface area (Å²) in [5, 5.41) is 19.7. The minimum atomic E-state index is -0.720. The highest BCUT2D eigenvalue weighted by Crippen LogP contribution is 2.39. The maximum absolute atomic E-state index is 12.8. The molecule has 0 fully saturated rings. The van der Waals surface area contributed by atoms with Gasteiger partial charge in [-0.05, 0) is 85.4 Å². The van der Waals surface area contributed by atoms with Crippen molar-refractivity contribution in [1.29, 1.82) is 0 Å². The number of aryl methyl sites for hydroxylation is 2. The summed E-state index contributed by atoms with van der Waals surface area (Å²) in [6, 6.07) is 15.0. The number of ether oxygens (including phenoxy) is 2. The number of aliphatic hydroxyl groups is 2. The Morgan fingerprint density at radius 1 is 0.911 bits per heavy atom. The van der Waals surface area contributed by atoms with E-state index in [1.165, 1.54) is 24.8 Å². The summed E-state index contributed by atoms with van der Waals surface area (Å²) in [6.45, 7) is 16.4. The first-order valence-corrected chi connectivity index (χ1v) is 16.1. The number of benzene rings is 2. The summed E-state index contributed by atoms with van der Waals surface area (Å²) in [5.74, 6) is -0.679. The first-order chi connectivity index (χ1) is 21.4. The average molecular weight is 615 g/mol. The summed E-state index contributed by atoms with van der Waals surface area (Å²) in [7, 11) is 0. The molecule has 0 aliphatic heterocycles. The van der Waals surface area contributed by atoms with Crippen LogP contribution in [0, 0.1) is 5.41 Å². The molecule has 3 rings (SSSR count). The monoisotopic (exact) mass is 614 g/mol. The van der Waals surface area contributed by atoms with Crippen LogP contribution in [0.15, 0.2) is 84.2 Å². The van der Waals surface area contributed by atoms with Gasteiger partial charge in [-0.15, -0.1) is 0 Å². The van der Waals surface area contributed by atoms with Crippen molar-refractivity contribution >= 4 is 17.5 Å². The Balaban J connectivity index is 2.07. The minimum Gasteiger partial charge on any atom is -0.454 e. The predicted octanol–water partition coefficient (Wildman–Crippen LogP) is 8.07. The fraction of sp³-hybridized carbons (Fsp3) is 0.436. The van der Waals surface area contributed by atoms with E-state index >= 15 is 0 Å². The number of aliphatic hydroxyl groups excluding tert-OH is 2. The lowest BCUT2D eigenvalue weighted by molar-refractivity contribution is -0.142. The second-order valence-electron chi connectivity index (χ2n) is 12.6. The third-order valence-electron chi connectivity index (χ3n) is 8.52. The molecule has 6 heteroatoms. The normalized spacial score (nSPS) is 15.0. The molecule has 45 heavy (non-hydrogen) atoms. The summed E-state index contributed by atoms with van der Waals surface area (Å²) in [4.78, 5) is 25.5. The molecule has 2 N–H and O–H groups in total. The zero-order chi connectivity index (χ0) is 33.1. The van der Waals surface area contributed by atoms with Gasteiger partial charge in [-0.1, -0.05) is 89.2 Å². The standard InChI is InChI=1S/C39H50O6/c1-8-10-11-12-28-13-15-30(16-14-28)33-18-17-31(21-29(33)9-2)34-23-35(44-37(42)26(3)4)32(19-20-39(7,24-40)25-41)22-36(34)45-38(43)27(5)6/h13-18,21-22,35,40-41H,3,5,8-12,19-20,23-25H2,1-2,4,6-7H3. The lowest BCUT2D eigenvalue weighted by Crippen LogP contribution is -2.29. The Kier molecular flexibility index (Phi) is 13.1. The van der Waals surface area contributed by atoms with Gasteiger partial charge in [0.05, 0.1) is 13.2 Å². The molecule has 1 atom stereocenters. The SMILES string of the molecule is C=C(C)C(=O)OC1=C(c2ccc(-c3ccc(CCCCC)cc3)c(CC)c2)CC(OC(=O)C(=C)C)C(CCC(C)(CO)CO)=C1. The summed E-state index contributed by atoms with van der Waals surface area (Å²) < 4.78 is 11.8. The molecule has 1 aliphatic carbocycles. The molecule has 0 saturated carbocycles. The molecule has 6 nitrogen and oxygen atoms in total. The van der Waals surface area contributed by atoms with Gasteiger partial charge in [-0.25, -0.2) is 9.59 Å². The number of hydrogen-bond donors (Lipinski definition) is 2. The highest BCUT2D eigenvalue weighted by Gasteiger charge is 2.32. The predicted molar refractivity (Wildman–Crippen MR) is 181 cm³/mol. The largest absolute Gasteiger partial charge is 0.454 e. The molecule has 0 aromatic heterocycles. The number of unbranched alkanes of at least 4 members (excludes halogenated alkanes) is 2. The molecule has 1 aliphatic rings. The van der Waals surface area contributed by atoms with E-state index in [1.54, 1.807) is 26.8 Å². The lowest BCUT2D eigenvalue weighted by atomic mass is 9.81. The van der Waals surface area contributed by atoms with Crippen LogP contribution in [0.5, 0.6) is 0 Å². The van der Waals surface area contributed by atoms with E-state index in [0.29, 0.717) is 18.6 Å². The van der Waals surface area contributed by atoms with Crippen molar-refractivity contribution in [3.63, 3.8) is 0 Å². The number of carbonyl (C=O) groups is 2. The summed E-state index contributed by atoms with van der Waals surface area (Å²) >= 11 is 0. The van der Waals surface area contributed by atoms with Crippen molar-refractivity contribution < 1.29 is 29.3 Å². The number of esters is 2. The van der Waals surface area contributed by atoms with Crippen molar-refractivity contribution in [3.05, 3.63) is 101 Å². The quantitative estimate of drug-likeness (QED) is 0.113. The maximum atomic E-state index is 12.8. The van der Waals surface area contributed by atoms with Crippen molar-refractivity contribution in [2.45, 2.75) is 92.1 Å². The van der Waals surface area contributed by atoms with E-state index < -0.39 is 23.5 Å². The third-order valence-corrected chi connectivity index (χ3v) is 8.52. The van der Waals surface area contributed by atoms with Gasteiger partial charge in [0, 0.05) is 28.6 Å². The first-order valence-electron chi connectivity index (χ1n) is 16.1. The van der Waals surface area contributed by atoms with Crippen LogP contribution in [-0.2, 0) is 31.9 Å². The van der Waals surface area contributed by atoms with Gasteiger partial charge in [-0.3, -0.25) is 0 Å². The second-order valence-corrected chi connectivity index (χ2v) is 12.6. The van der Waals surface area contributed by atoms with Crippen molar-refractivity contribution in [2.75, 3.05) is 13.2 Å². The highest BCUT2D eigenvalue weighted by atomic mass is 16.5. The topological polar surface area (TPSA) is 93.1 Å². The number of carbonyl (C=O) groups excluding carboxylic acids is 2. The molecule has 0 amide bonds. The molecule has 1 unspecified atom stereocenters. The molecule has 0 bridgehead atoms. The fourth-order valence-electron chi connectivity index (χ4n) is 5.32. The van der Waals surface area contributed by atoms with Crippen molar-refractivity contribution in [1.82, 2.24) is 0 Å². The van der Waals surface area contributed by atoms with E-state index in [4.69, 9.17) is 9.47 Å². The Labute approximate surface area is 269 Å². The summed E-state index contributed by atoms with van der Waals surface area (Å²) in [6.07, 6.45) is 7.78. The van der Waals surface area contributed by atoms with E-state index in [0.717, 1.165) is 46.2 Å².